The Kier molecular flexibility index (Phi) is 5.75. The molecule has 1 atom stereocenters. The van der Waals surface area contributed by atoms with E-state index in [-0.39, 0.29) is 12.1 Å². The molecule has 0 aromatic carbocycles. The molecule has 108 valence electrons. The predicted octanol–water partition coefficient (Wildman–Crippen LogP) is 2.66. The molecule has 19 heavy (non-hydrogen) atoms. The fourth-order valence-electron chi connectivity index (χ4n) is 1.42. The monoisotopic (exact) mass is 285 g/mol. The summed E-state index contributed by atoms with van der Waals surface area (Å²) in [4.78, 5) is 18.6. The van der Waals surface area contributed by atoms with Crippen LogP contribution in [0.1, 0.15) is 38.6 Å². The molecular weight excluding hydrogens is 262 g/mol. The molecule has 0 saturated heterocycles. The van der Waals surface area contributed by atoms with Crippen LogP contribution in [-0.4, -0.2) is 41.7 Å². The number of nitrogens with one attached hydrogen (secondary N) is 1. The Labute approximate surface area is 119 Å². The van der Waals surface area contributed by atoms with Gasteiger partial charge in [-0.15, -0.1) is 11.3 Å². The van der Waals surface area contributed by atoms with Crippen molar-refractivity contribution in [1.82, 2.24) is 15.2 Å². The minimum absolute atomic E-state index is 0.250. The van der Waals surface area contributed by atoms with Crippen molar-refractivity contribution < 1.29 is 9.53 Å². The SMILES string of the molecule is CC(NCCN(C)C(=O)OC(C)(C)C)c1cncs1. The Hall–Kier alpha value is -1.14. The zero-order valence-corrected chi connectivity index (χ0v) is 13.1. The van der Waals surface area contributed by atoms with Crippen LogP contribution in [0.5, 0.6) is 0 Å². The van der Waals surface area contributed by atoms with E-state index in [0.29, 0.717) is 6.54 Å². The van der Waals surface area contributed by atoms with E-state index in [1.165, 1.54) is 4.88 Å². The van der Waals surface area contributed by atoms with Gasteiger partial charge in [0, 0.05) is 37.3 Å². The minimum Gasteiger partial charge on any atom is -0.444 e. The lowest BCUT2D eigenvalue weighted by atomic mass is 10.2. The third-order valence-corrected chi connectivity index (χ3v) is 3.44. The van der Waals surface area contributed by atoms with Crippen LogP contribution in [0.25, 0.3) is 0 Å². The van der Waals surface area contributed by atoms with Crippen LogP contribution in [0.15, 0.2) is 11.7 Å². The van der Waals surface area contributed by atoms with E-state index < -0.39 is 5.60 Å². The van der Waals surface area contributed by atoms with Crippen LogP contribution in [0, 0.1) is 0 Å². The first-order valence-electron chi connectivity index (χ1n) is 6.35. The highest BCUT2D eigenvalue weighted by Gasteiger charge is 2.19. The number of ether oxygens (including phenoxy) is 1. The van der Waals surface area contributed by atoms with Crippen LogP contribution >= 0.6 is 11.3 Å². The van der Waals surface area contributed by atoms with Crippen LogP contribution in [-0.2, 0) is 4.74 Å². The summed E-state index contributed by atoms with van der Waals surface area (Å²) in [5.41, 5.74) is 1.37. The molecule has 0 aliphatic rings. The lowest BCUT2D eigenvalue weighted by Gasteiger charge is -2.25. The second-order valence-corrected chi connectivity index (χ2v) is 6.40. The average Bonchev–Trinajstić information content (AvgIpc) is 2.79. The molecule has 0 aliphatic carbocycles. The topological polar surface area (TPSA) is 54.5 Å². The van der Waals surface area contributed by atoms with E-state index >= 15 is 0 Å². The van der Waals surface area contributed by atoms with Crippen molar-refractivity contribution in [3.63, 3.8) is 0 Å². The van der Waals surface area contributed by atoms with E-state index in [1.54, 1.807) is 23.3 Å². The van der Waals surface area contributed by atoms with Gasteiger partial charge in [0.25, 0.3) is 0 Å². The Morgan fingerprint density at radius 1 is 1.58 bits per heavy atom. The van der Waals surface area contributed by atoms with Gasteiger partial charge in [-0.25, -0.2) is 4.79 Å². The van der Waals surface area contributed by atoms with Gasteiger partial charge in [0.15, 0.2) is 0 Å². The molecule has 1 N–H and O–H groups in total. The van der Waals surface area contributed by atoms with Crippen molar-refractivity contribution in [3.05, 3.63) is 16.6 Å². The molecule has 5 nitrogen and oxygen atoms in total. The number of hydrogen-bond acceptors (Lipinski definition) is 5. The molecule has 1 aromatic rings. The van der Waals surface area contributed by atoms with Crippen molar-refractivity contribution in [2.45, 2.75) is 39.3 Å². The number of likely N-dealkylation sites (N-methyl/N-ethyl adjacent to an activating group) is 1. The predicted molar refractivity (Wildman–Crippen MR) is 77.4 cm³/mol. The Morgan fingerprint density at radius 2 is 2.26 bits per heavy atom. The lowest BCUT2D eigenvalue weighted by molar-refractivity contribution is 0.0299. The average molecular weight is 285 g/mol. The summed E-state index contributed by atoms with van der Waals surface area (Å²) in [6, 6.07) is 0.250. The molecule has 1 unspecified atom stereocenters. The zero-order chi connectivity index (χ0) is 14.5. The van der Waals surface area contributed by atoms with Gasteiger partial charge in [-0.05, 0) is 27.7 Å². The van der Waals surface area contributed by atoms with E-state index in [9.17, 15) is 4.79 Å². The first-order valence-corrected chi connectivity index (χ1v) is 7.23. The fraction of sp³-hybridized carbons (Fsp3) is 0.692. The van der Waals surface area contributed by atoms with Gasteiger partial charge in [-0.3, -0.25) is 4.98 Å². The van der Waals surface area contributed by atoms with Gasteiger partial charge in [0.2, 0.25) is 0 Å². The fourth-order valence-corrected chi connectivity index (χ4v) is 2.07. The molecular formula is C13H23N3O2S. The summed E-state index contributed by atoms with van der Waals surface area (Å²) in [5, 5.41) is 3.35. The van der Waals surface area contributed by atoms with Gasteiger partial charge < -0.3 is 15.0 Å². The Balaban J connectivity index is 2.27. The number of rotatable bonds is 5. The summed E-state index contributed by atoms with van der Waals surface area (Å²) in [7, 11) is 1.74. The van der Waals surface area contributed by atoms with Gasteiger partial charge in [0.1, 0.15) is 5.60 Å². The number of amides is 1. The van der Waals surface area contributed by atoms with Crippen LogP contribution in [0.4, 0.5) is 4.79 Å². The summed E-state index contributed by atoms with van der Waals surface area (Å²) < 4.78 is 5.28. The van der Waals surface area contributed by atoms with Crippen molar-refractivity contribution in [1.29, 1.82) is 0 Å². The first kappa shape index (κ1) is 15.9. The number of carbonyl (C=O) groups excluding carboxylic acids is 1. The van der Waals surface area contributed by atoms with Gasteiger partial charge >= 0.3 is 6.09 Å². The summed E-state index contributed by atoms with van der Waals surface area (Å²) >= 11 is 1.63. The van der Waals surface area contributed by atoms with Crippen molar-refractivity contribution >= 4 is 17.4 Å². The molecule has 1 rings (SSSR count). The largest absolute Gasteiger partial charge is 0.444 e. The van der Waals surface area contributed by atoms with E-state index in [4.69, 9.17) is 4.74 Å². The second kappa shape index (κ2) is 6.86. The highest BCUT2D eigenvalue weighted by molar-refractivity contribution is 7.09. The maximum atomic E-state index is 11.7. The number of aromatic nitrogens is 1. The Bertz CT molecular complexity index is 387. The van der Waals surface area contributed by atoms with Gasteiger partial charge in [-0.2, -0.15) is 0 Å². The molecule has 6 heteroatoms. The number of carbonyl (C=O) groups is 1. The highest BCUT2D eigenvalue weighted by atomic mass is 32.1. The van der Waals surface area contributed by atoms with Crippen molar-refractivity contribution in [3.8, 4) is 0 Å². The number of hydrogen-bond donors (Lipinski definition) is 1. The maximum absolute atomic E-state index is 11.7. The molecule has 0 saturated carbocycles. The first-order chi connectivity index (χ1) is 8.79. The quantitative estimate of drug-likeness (QED) is 0.903. The normalized spacial score (nSPS) is 13.1. The highest BCUT2D eigenvalue weighted by Crippen LogP contribution is 2.15. The number of nitrogens with zero attached hydrogens (tertiary/aromatic N) is 2. The number of thiazole rings is 1. The summed E-state index contributed by atoms with van der Waals surface area (Å²) in [6.45, 7) is 9.00. The molecule has 1 heterocycles. The molecule has 0 bridgehead atoms. The summed E-state index contributed by atoms with van der Waals surface area (Å²) in [5.74, 6) is 0. The van der Waals surface area contributed by atoms with Crippen LogP contribution in [0.3, 0.4) is 0 Å². The van der Waals surface area contributed by atoms with Gasteiger partial charge in [-0.1, -0.05) is 0 Å². The van der Waals surface area contributed by atoms with Crippen LogP contribution < -0.4 is 5.32 Å². The van der Waals surface area contributed by atoms with Crippen molar-refractivity contribution in [2.75, 3.05) is 20.1 Å². The molecule has 0 fully saturated rings. The van der Waals surface area contributed by atoms with E-state index in [2.05, 4.69) is 17.2 Å². The van der Waals surface area contributed by atoms with E-state index in [0.717, 1.165) is 6.54 Å². The molecule has 0 radical (unpaired) electrons. The van der Waals surface area contributed by atoms with Crippen LogP contribution in [0.2, 0.25) is 0 Å². The Morgan fingerprint density at radius 3 is 2.79 bits per heavy atom. The molecule has 1 amide bonds. The molecule has 0 aliphatic heterocycles. The van der Waals surface area contributed by atoms with E-state index in [1.807, 2.05) is 32.5 Å². The third kappa shape index (κ3) is 6.02. The van der Waals surface area contributed by atoms with Gasteiger partial charge in [0.05, 0.1) is 5.51 Å². The maximum Gasteiger partial charge on any atom is 0.410 e. The van der Waals surface area contributed by atoms with Crippen molar-refractivity contribution in [2.24, 2.45) is 0 Å². The zero-order valence-electron chi connectivity index (χ0n) is 12.3. The summed E-state index contributed by atoms with van der Waals surface area (Å²) in [6.07, 6.45) is 1.57. The minimum atomic E-state index is -0.450. The lowest BCUT2D eigenvalue weighted by Crippen LogP contribution is -2.38. The second-order valence-electron chi connectivity index (χ2n) is 5.48. The molecule has 0 spiro atoms. The third-order valence-electron chi connectivity index (χ3n) is 2.48. The smallest absolute Gasteiger partial charge is 0.410 e. The molecule has 1 aromatic heterocycles. The standard InChI is InChI=1S/C13H23N3O2S/c1-10(11-8-14-9-19-11)15-6-7-16(5)12(17)18-13(2,3)4/h8-10,15H,6-7H2,1-5H3.